The fraction of sp³-hybridized carbons (Fsp3) is 0.143. The predicted molar refractivity (Wildman–Crippen MR) is 141 cm³/mol. The average molecular weight is 471 g/mol. The Morgan fingerprint density at radius 2 is 1.82 bits per heavy atom. The van der Waals surface area contributed by atoms with Crippen LogP contribution < -0.4 is 10.1 Å². The maximum Gasteiger partial charge on any atom is 0.141 e. The number of rotatable bonds is 6. The van der Waals surface area contributed by atoms with Crippen LogP contribution in [0.3, 0.4) is 0 Å². The van der Waals surface area contributed by atoms with E-state index < -0.39 is 0 Å². The van der Waals surface area contributed by atoms with Gasteiger partial charge in [-0.25, -0.2) is 9.97 Å². The Morgan fingerprint density at radius 3 is 2.59 bits per heavy atom. The summed E-state index contributed by atoms with van der Waals surface area (Å²) < 4.78 is 5.92. The van der Waals surface area contributed by atoms with Crippen LogP contribution in [0.5, 0.6) is 5.75 Å². The summed E-state index contributed by atoms with van der Waals surface area (Å²) in [5.41, 5.74) is 6.20. The van der Waals surface area contributed by atoms with Gasteiger partial charge < -0.3 is 15.0 Å². The minimum atomic E-state index is 0.465. The molecule has 0 aliphatic carbocycles. The van der Waals surface area contributed by atoms with E-state index in [2.05, 4.69) is 51.5 Å². The highest BCUT2D eigenvalue weighted by molar-refractivity contribution is 6.32. The Morgan fingerprint density at radius 1 is 0.941 bits per heavy atom. The first-order chi connectivity index (χ1) is 16.7. The van der Waals surface area contributed by atoms with Crippen molar-refractivity contribution in [2.45, 2.75) is 27.4 Å². The Bertz CT molecular complexity index is 1380. The largest absolute Gasteiger partial charge is 0.487 e. The normalized spacial score (nSPS) is 10.5. The lowest BCUT2D eigenvalue weighted by molar-refractivity contribution is 0.306. The summed E-state index contributed by atoms with van der Waals surface area (Å²) in [6.07, 6.45) is 5.43. The van der Waals surface area contributed by atoms with Crippen LogP contribution in [0.25, 0.3) is 22.0 Å². The van der Waals surface area contributed by atoms with Crippen LogP contribution in [-0.4, -0.2) is 15.0 Å². The van der Waals surface area contributed by atoms with Crippen molar-refractivity contribution in [3.05, 3.63) is 102 Å². The van der Waals surface area contributed by atoms with E-state index in [4.69, 9.17) is 16.3 Å². The number of anilines is 2. The molecular weight excluding hydrogens is 444 g/mol. The molecular formula is C28H27ClN4O. The average Bonchev–Trinajstić information content (AvgIpc) is 3.40. The SMILES string of the molecule is CC.Cc1cccc(COc2ccc(Nc3ncnc4ccc(-c5cc[nH]c5)cc34)cc2Cl)c1. The highest BCUT2D eigenvalue weighted by Gasteiger charge is 2.09. The minimum absolute atomic E-state index is 0.465. The van der Waals surface area contributed by atoms with E-state index in [1.165, 1.54) is 5.56 Å². The Labute approximate surface area is 204 Å². The molecule has 0 unspecified atom stereocenters. The number of nitrogens with zero attached hydrogens (tertiary/aromatic N) is 2. The third-order valence-corrected chi connectivity index (χ3v) is 5.53. The molecule has 5 nitrogen and oxygen atoms in total. The fourth-order valence-electron chi connectivity index (χ4n) is 3.63. The Hall–Kier alpha value is -3.83. The van der Waals surface area contributed by atoms with Gasteiger partial charge in [0.2, 0.25) is 0 Å². The Kier molecular flexibility index (Phi) is 7.45. The van der Waals surface area contributed by atoms with Gasteiger partial charge in [0, 0.05) is 23.5 Å². The first-order valence-corrected chi connectivity index (χ1v) is 11.7. The molecule has 3 aromatic carbocycles. The molecule has 0 fully saturated rings. The second-order valence-corrected chi connectivity index (χ2v) is 8.01. The molecule has 6 heteroatoms. The maximum atomic E-state index is 6.50. The number of ether oxygens (including phenoxy) is 1. The number of aromatic nitrogens is 3. The summed E-state index contributed by atoms with van der Waals surface area (Å²) in [5.74, 6) is 1.36. The van der Waals surface area contributed by atoms with Gasteiger partial charge in [-0.1, -0.05) is 61.3 Å². The van der Waals surface area contributed by atoms with E-state index in [0.29, 0.717) is 17.4 Å². The van der Waals surface area contributed by atoms with Crippen molar-refractivity contribution in [3.63, 3.8) is 0 Å². The number of aromatic amines is 1. The number of aryl methyl sites for hydroxylation is 1. The first kappa shape index (κ1) is 23.3. The summed E-state index contributed by atoms with van der Waals surface area (Å²) in [7, 11) is 0. The van der Waals surface area contributed by atoms with Gasteiger partial charge in [-0.2, -0.15) is 0 Å². The highest BCUT2D eigenvalue weighted by Crippen LogP contribution is 2.32. The summed E-state index contributed by atoms with van der Waals surface area (Å²) in [6, 6.07) is 22.1. The topological polar surface area (TPSA) is 62.8 Å². The second kappa shape index (κ2) is 10.9. The van der Waals surface area contributed by atoms with E-state index in [1.807, 2.05) is 68.7 Å². The van der Waals surface area contributed by atoms with Crippen molar-refractivity contribution in [1.29, 1.82) is 0 Å². The standard InChI is InChI=1S/C26H21ClN4O.C2H6/c1-17-3-2-4-18(11-17)15-32-25-8-6-21(13-23(25)27)31-26-22-12-19(20-9-10-28-14-20)5-7-24(22)29-16-30-26;1-2/h2-14,16,28H,15H2,1H3,(H,29,30,31);1-2H3. The number of fused-ring (bicyclic) bond motifs is 1. The molecule has 0 atom stereocenters. The molecule has 0 bridgehead atoms. The number of halogens is 1. The van der Waals surface area contributed by atoms with Gasteiger partial charge in [-0.3, -0.25) is 0 Å². The molecule has 0 amide bonds. The lowest BCUT2D eigenvalue weighted by atomic mass is 10.1. The quantitative estimate of drug-likeness (QED) is 0.264. The molecule has 2 aromatic heterocycles. The molecule has 0 aliphatic rings. The summed E-state index contributed by atoms with van der Waals surface area (Å²) in [5, 5.41) is 4.84. The highest BCUT2D eigenvalue weighted by atomic mass is 35.5. The molecule has 5 rings (SSSR count). The summed E-state index contributed by atoms with van der Waals surface area (Å²) in [4.78, 5) is 11.9. The van der Waals surface area contributed by atoms with Gasteiger partial charge in [-0.05, 0) is 60.0 Å². The van der Waals surface area contributed by atoms with Crippen molar-refractivity contribution in [3.8, 4) is 16.9 Å². The monoisotopic (exact) mass is 470 g/mol. The van der Waals surface area contributed by atoms with Gasteiger partial charge in [0.05, 0.1) is 10.5 Å². The van der Waals surface area contributed by atoms with Gasteiger partial charge in [0.15, 0.2) is 0 Å². The molecule has 0 radical (unpaired) electrons. The molecule has 0 spiro atoms. The number of hydrogen-bond donors (Lipinski definition) is 2. The fourth-order valence-corrected chi connectivity index (χ4v) is 3.87. The maximum absolute atomic E-state index is 6.50. The van der Waals surface area contributed by atoms with Crippen molar-refractivity contribution < 1.29 is 4.74 Å². The molecule has 5 aromatic rings. The molecule has 172 valence electrons. The smallest absolute Gasteiger partial charge is 0.141 e. The van der Waals surface area contributed by atoms with E-state index in [-0.39, 0.29) is 0 Å². The van der Waals surface area contributed by atoms with Gasteiger partial charge in [0.25, 0.3) is 0 Å². The van der Waals surface area contributed by atoms with Crippen LogP contribution in [0.1, 0.15) is 25.0 Å². The first-order valence-electron chi connectivity index (χ1n) is 11.3. The molecule has 0 saturated carbocycles. The molecule has 0 aliphatic heterocycles. The van der Waals surface area contributed by atoms with Crippen molar-refractivity contribution in [2.75, 3.05) is 5.32 Å². The molecule has 0 saturated heterocycles. The second-order valence-electron chi connectivity index (χ2n) is 7.60. The van der Waals surface area contributed by atoms with E-state index in [0.717, 1.165) is 39.1 Å². The molecule has 2 N–H and O–H groups in total. The summed E-state index contributed by atoms with van der Waals surface area (Å²) >= 11 is 6.50. The van der Waals surface area contributed by atoms with Crippen LogP contribution in [0.15, 0.2) is 85.5 Å². The lowest BCUT2D eigenvalue weighted by Gasteiger charge is -2.12. The van der Waals surface area contributed by atoms with E-state index >= 15 is 0 Å². The zero-order valence-corrected chi connectivity index (χ0v) is 20.2. The zero-order chi connectivity index (χ0) is 23.9. The van der Waals surface area contributed by atoms with Gasteiger partial charge >= 0.3 is 0 Å². The predicted octanol–water partition coefficient (Wildman–Crippen LogP) is 7.94. The third kappa shape index (κ3) is 5.38. The third-order valence-electron chi connectivity index (χ3n) is 5.24. The van der Waals surface area contributed by atoms with Gasteiger partial charge in [0.1, 0.15) is 24.5 Å². The number of benzene rings is 3. The Balaban J connectivity index is 0.00000133. The number of nitrogens with one attached hydrogen (secondary N) is 2. The van der Waals surface area contributed by atoms with Crippen LogP contribution in [0, 0.1) is 6.92 Å². The minimum Gasteiger partial charge on any atom is -0.487 e. The summed E-state index contributed by atoms with van der Waals surface area (Å²) in [6.45, 7) is 6.53. The van der Waals surface area contributed by atoms with Gasteiger partial charge in [-0.15, -0.1) is 0 Å². The van der Waals surface area contributed by atoms with Crippen LogP contribution >= 0.6 is 11.6 Å². The number of hydrogen-bond acceptors (Lipinski definition) is 4. The molecule has 2 heterocycles. The van der Waals surface area contributed by atoms with E-state index in [9.17, 15) is 0 Å². The zero-order valence-electron chi connectivity index (χ0n) is 19.5. The lowest BCUT2D eigenvalue weighted by Crippen LogP contribution is -1.98. The van der Waals surface area contributed by atoms with E-state index in [1.54, 1.807) is 6.33 Å². The van der Waals surface area contributed by atoms with Crippen molar-refractivity contribution >= 4 is 34.0 Å². The van der Waals surface area contributed by atoms with Crippen molar-refractivity contribution in [2.24, 2.45) is 0 Å². The number of H-pyrrole nitrogens is 1. The molecule has 34 heavy (non-hydrogen) atoms. The van der Waals surface area contributed by atoms with Crippen LogP contribution in [-0.2, 0) is 6.61 Å². The van der Waals surface area contributed by atoms with Crippen molar-refractivity contribution in [1.82, 2.24) is 15.0 Å². The van der Waals surface area contributed by atoms with Crippen LogP contribution in [0.2, 0.25) is 5.02 Å². The van der Waals surface area contributed by atoms with Crippen LogP contribution in [0.4, 0.5) is 11.5 Å².